The Morgan fingerprint density at radius 1 is 0.633 bits per heavy atom. The molecule has 0 radical (unpaired) electrons. The van der Waals surface area contributed by atoms with Gasteiger partial charge < -0.3 is 0 Å². The number of halogens is 6. The number of hydrogen-bond donors (Lipinski definition) is 0. The Labute approximate surface area is 174 Å². The minimum Gasteiger partial charge on any atom is -0.213 e. The van der Waals surface area contributed by atoms with Gasteiger partial charge in [0, 0.05) is 34.5 Å². The molecule has 0 bridgehead atoms. The summed E-state index contributed by atoms with van der Waals surface area (Å²) >= 11 is 0. The zero-order valence-electron chi connectivity index (χ0n) is 15.6. The molecule has 180 valence electrons. The van der Waals surface area contributed by atoms with Gasteiger partial charge in [0.05, 0.1) is 0 Å². The van der Waals surface area contributed by atoms with Crippen LogP contribution < -0.4 is 0 Å². The largest absolute Gasteiger partial charge is 0.523 e. The normalized spacial score (nSPS) is 24.9. The molecule has 30 heavy (non-hydrogen) atoms. The molecule has 2 aliphatic rings. The van der Waals surface area contributed by atoms with Crippen LogP contribution >= 0.6 is 20.6 Å². The monoisotopic (exact) mass is 528 g/mol. The maximum atomic E-state index is 12.7. The van der Waals surface area contributed by atoms with E-state index in [9.17, 15) is 43.2 Å². The molecule has 0 saturated carbocycles. The summed E-state index contributed by atoms with van der Waals surface area (Å²) < 4.78 is 131. The molecule has 2 heterocycles. The van der Waals surface area contributed by atoms with Crippen LogP contribution in [0.1, 0.15) is 25.7 Å². The van der Waals surface area contributed by atoms with Crippen LogP contribution in [0.15, 0.2) is 12.2 Å². The molecule has 0 aliphatic carbocycles. The molecular weight excluding hydrogens is 506 g/mol. The Bertz CT molecular complexity index is 767. The molecule has 0 atom stereocenters. The number of alkyl halides is 6. The molecule has 0 N–H and O–H groups in total. The van der Waals surface area contributed by atoms with E-state index < -0.39 is 51.9 Å². The highest BCUT2D eigenvalue weighted by Crippen LogP contribution is 2.59. The fourth-order valence-corrected chi connectivity index (χ4v) is 13.3. The lowest BCUT2D eigenvalue weighted by atomic mass is 10.4. The van der Waals surface area contributed by atoms with Gasteiger partial charge in [0.15, 0.2) is 0 Å². The summed E-state index contributed by atoms with van der Waals surface area (Å²) in [7, 11) is -16.7. The Morgan fingerprint density at radius 2 is 0.900 bits per heavy atom. The van der Waals surface area contributed by atoms with Gasteiger partial charge >= 0.3 is 31.3 Å². The van der Waals surface area contributed by atoms with Gasteiger partial charge in [-0.1, -0.05) is 12.2 Å². The lowest BCUT2D eigenvalue weighted by Crippen LogP contribution is -2.28. The van der Waals surface area contributed by atoms with Crippen LogP contribution in [0.5, 0.6) is 0 Å². The van der Waals surface area contributed by atoms with E-state index in [1.807, 2.05) is 0 Å². The summed E-state index contributed by atoms with van der Waals surface area (Å²) in [6.45, 7) is 0. The maximum absolute atomic E-state index is 12.7. The first-order chi connectivity index (χ1) is 13.5. The molecule has 0 amide bonds. The summed E-state index contributed by atoms with van der Waals surface area (Å²) in [6.07, 6.45) is 4.72. The van der Waals surface area contributed by atoms with Crippen molar-refractivity contribution in [2.75, 3.05) is 34.5 Å². The van der Waals surface area contributed by atoms with Gasteiger partial charge in [-0.05, 0) is 25.7 Å². The lowest BCUT2D eigenvalue weighted by molar-refractivity contribution is -0.0500. The van der Waals surface area contributed by atoms with Crippen molar-refractivity contribution in [1.82, 2.24) is 0 Å². The van der Waals surface area contributed by atoms with E-state index in [-0.39, 0.29) is 34.5 Å². The van der Waals surface area contributed by atoms with Crippen LogP contribution in [-0.4, -0.2) is 62.4 Å². The molecule has 0 aromatic heterocycles. The Balaban J connectivity index is 2.10. The standard InChI is InChI=1S/C14H22F6O6S4/c15-13(16,17)29(21,22)25-27(7-1-2-8-27)11-5-6-12-28(9-3-4-10-28)26-30(23,24)14(18,19)20/h5-6H,1-4,7-12H2/b6-5+. The molecule has 16 heteroatoms. The highest BCUT2D eigenvalue weighted by Gasteiger charge is 2.52. The topological polar surface area (TPSA) is 86.7 Å². The highest BCUT2D eigenvalue weighted by atomic mass is 32.3. The third kappa shape index (κ3) is 6.21. The minimum atomic E-state index is -5.77. The van der Waals surface area contributed by atoms with Crippen molar-refractivity contribution in [3.63, 3.8) is 0 Å². The number of hydrogen-bond acceptors (Lipinski definition) is 6. The highest BCUT2D eigenvalue weighted by molar-refractivity contribution is 8.33. The molecule has 2 rings (SSSR count). The predicted octanol–water partition coefficient (Wildman–Crippen LogP) is 4.30. The lowest BCUT2D eigenvalue weighted by Gasteiger charge is -2.34. The molecule has 2 saturated heterocycles. The Kier molecular flexibility index (Phi) is 7.83. The molecule has 0 aromatic rings. The Morgan fingerprint density at radius 3 is 1.13 bits per heavy atom. The average molecular weight is 529 g/mol. The van der Waals surface area contributed by atoms with E-state index in [1.165, 1.54) is 12.2 Å². The van der Waals surface area contributed by atoms with Crippen LogP contribution in [0, 0.1) is 0 Å². The summed E-state index contributed by atoms with van der Waals surface area (Å²) in [4.78, 5) is 0. The second kappa shape index (κ2) is 9.00. The first kappa shape index (κ1) is 26.1. The first-order valence-corrected chi connectivity index (χ1v) is 15.7. The van der Waals surface area contributed by atoms with Gasteiger partial charge in [-0.2, -0.15) is 43.2 Å². The van der Waals surface area contributed by atoms with Crippen LogP contribution in [0.4, 0.5) is 26.3 Å². The van der Waals surface area contributed by atoms with Crippen LogP contribution in [0.25, 0.3) is 0 Å². The first-order valence-electron chi connectivity index (χ1n) is 8.76. The molecule has 0 unspecified atom stereocenters. The van der Waals surface area contributed by atoms with Crippen LogP contribution in [0.3, 0.4) is 0 Å². The fraction of sp³-hybridized carbons (Fsp3) is 0.857. The summed E-state index contributed by atoms with van der Waals surface area (Å²) in [5.74, 6) is 0.383. The van der Waals surface area contributed by atoms with E-state index in [1.54, 1.807) is 0 Å². The minimum absolute atomic E-state index is 0.121. The quantitative estimate of drug-likeness (QED) is 0.265. The smallest absolute Gasteiger partial charge is 0.213 e. The van der Waals surface area contributed by atoms with Gasteiger partial charge in [0.1, 0.15) is 0 Å². The van der Waals surface area contributed by atoms with Crippen molar-refractivity contribution in [3.05, 3.63) is 12.2 Å². The summed E-state index contributed by atoms with van der Waals surface area (Å²) in [5, 5.41) is 0. The van der Waals surface area contributed by atoms with Crippen molar-refractivity contribution in [2.24, 2.45) is 0 Å². The fourth-order valence-electron chi connectivity index (χ4n) is 3.13. The van der Waals surface area contributed by atoms with Gasteiger partial charge in [-0.15, -0.1) is 20.6 Å². The van der Waals surface area contributed by atoms with Crippen molar-refractivity contribution in [2.45, 2.75) is 36.7 Å². The van der Waals surface area contributed by atoms with Crippen LogP contribution in [-0.2, 0) is 27.5 Å². The zero-order chi connectivity index (χ0) is 22.9. The van der Waals surface area contributed by atoms with E-state index in [2.05, 4.69) is 7.26 Å². The van der Waals surface area contributed by atoms with Crippen molar-refractivity contribution >= 4 is 40.9 Å². The zero-order valence-corrected chi connectivity index (χ0v) is 18.8. The second-order valence-corrected chi connectivity index (χ2v) is 16.9. The van der Waals surface area contributed by atoms with Crippen molar-refractivity contribution in [3.8, 4) is 0 Å². The van der Waals surface area contributed by atoms with E-state index in [0.29, 0.717) is 25.7 Å². The third-order valence-electron chi connectivity index (χ3n) is 4.57. The predicted molar refractivity (Wildman–Crippen MR) is 104 cm³/mol. The molecule has 0 aromatic carbocycles. The molecule has 6 nitrogen and oxygen atoms in total. The van der Waals surface area contributed by atoms with E-state index >= 15 is 0 Å². The summed E-state index contributed by atoms with van der Waals surface area (Å²) in [5.41, 5.74) is -11.1. The molecule has 0 spiro atoms. The van der Waals surface area contributed by atoms with Crippen molar-refractivity contribution < 1.29 is 50.4 Å². The van der Waals surface area contributed by atoms with Gasteiger partial charge in [0.2, 0.25) is 0 Å². The molecule has 2 aliphatic heterocycles. The second-order valence-electron chi connectivity index (χ2n) is 6.90. The van der Waals surface area contributed by atoms with Gasteiger partial charge in [0.25, 0.3) is 0 Å². The molecule has 2 fully saturated rings. The van der Waals surface area contributed by atoms with Crippen molar-refractivity contribution in [1.29, 1.82) is 0 Å². The maximum Gasteiger partial charge on any atom is 0.523 e. The average Bonchev–Trinajstić information content (AvgIpc) is 3.19. The third-order valence-corrected chi connectivity index (χ3v) is 15.2. The SMILES string of the molecule is O=S(=O)(OS1(C/C=C/CS2(OS(=O)(=O)C(F)(F)F)CCCC2)CCCC1)C(F)(F)F. The molecular formula is C14H22F6O6S4. The van der Waals surface area contributed by atoms with E-state index in [0.717, 1.165) is 0 Å². The van der Waals surface area contributed by atoms with Crippen LogP contribution in [0.2, 0.25) is 0 Å². The van der Waals surface area contributed by atoms with Gasteiger partial charge in [-0.3, -0.25) is 0 Å². The number of rotatable bonds is 8. The van der Waals surface area contributed by atoms with E-state index in [4.69, 9.17) is 0 Å². The summed E-state index contributed by atoms with van der Waals surface area (Å²) in [6, 6.07) is 0. The van der Waals surface area contributed by atoms with Gasteiger partial charge in [-0.25, -0.2) is 7.26 Å². The Hall–Kier alpha value is -0.160.